The monoisotopic (exact) mass is 275 g/mol. The number of benzene rings is 1. The molecule has 112 valence electrons. The van der Waals surface area contributed by atoms with Crippen LogP contribution in [0.2, 0.25) is 0 Å². The van der Waals surface area contributed by atoms with Crippen molar-refractivity contribution in [3.63, 3.8) is 0 Å². The molecule has 0 saturated heterocycles. The molecule has 20 heavy (non-hydrogen) atoms. The van der Waals surface area contributed by atoms with Crippen molar-refractivity contribution in [1.82, 2.24) is 5.32 Å². The van der Waals surface area contributed by atoms with E-state index < -0.39 is 0 Å². The lowest BCUT2D eigenvalue weighted by Gasteiger charge is -2.26. The molecule has 1 aliphatic rings. The summed E-state index contributed by atoms with van der Waals surface area (Å²) in [6.45, 7) is 8.38. The molecule has 2 rings (SSSR count). The quantitative estimate of drug-likeness (QED) is 0.834. The van der Waals surface area contributed by atoms with Gasteiger partial charge in [-0.25, -0.2) is 0 Å². The van der Waals surface area contributed by atoms with Crippen molar-refractivity contribution in [2.45, 2.75) is 58.1 Å². The predicted octanol–water partition coefficient (Wildman–Crippen LogP) is 4.32. The first-order valence-corrected chi connectivity index (χ1v) is 7.96. The maximum atomic E-state index is 6.24. The Morgan fingerprint density at radius 1 is 1.15 bits per heavy atom. The summed E-state index contributed by atoms with van der Waals surface area (Å²) in [5.74, 6) is 0.774. The van der Waals surface area contributed by atoms with Crippen molar-refractivity contribution in [2.24, 2.45) is 5.92 Å². The molecule has 1 aromatic rings. The molecule has 0 bridgehead atoms. The molecule has 1 aromatic carbocycles. The predicted molar refractivity (Wildman–Crippen MR) is 84.8 cm³/mol. The van der Waals surface area contributed by atoms with Crippen molar-refractivity contribution in [1.29, 1.82) is 0 Å². The van der Waals surface area contributed by atoms with Gasteiger partial charge < -0.3 is 10.1 Å². The van der Waals surface area contributed by atoms with Gasteiger partial charge in [0.15, 0.2) is 0 Å². The van der Waals surface area contributed by atoms with Gasteiger partial charge in [-0.05, 0) is 45.1 Å². The van der Waals surface area contributed by atoms with E-state index in [1.165, 1.54) is 31.2 Å². The van der Waals surface area contributed by atoms with E-state index >= 15 is 0 Å². The van der Waals surface area contributed by atoms with Crippen LogP contribution in [0.5, 0.6) is 0 Å². The highest BCUT2D eigenvalue weighted by atomic mass is 16.5. The third kappa shape index (κ3) is 5.26. The Hall–Kier alpha value is -0.860. The van der Waals surface area contributed by atoms with Crippen molar-refractivity contribution >= 4 is 0 Å². The maximum Gasteiger partial charge on any atom is 0.0949 e. The van der Waals surface area contributed by atoms with Crippen LogP contribution in [0.15, 0.2) is 30.3 Å². The van der Waals surface area contributed by atoms with Crippen LogP contribution in [0.3, 0.4) is 0 Å². The Bertz CT molecular complexity index is 376. The third-order valence-electron chi connectivity index (χ3n) is 4.00. The van der Waals surface area contributed by atoms with Crippen LogP contribution >= 0.6 is 0 Å². The summed E-state index contributed by atoms with van der Waals surface area (Å²) in [4.78, 5) is 0. The molecule has 0 aliphatic heterocycles. The number of rotatable bonds is 6. The molecule has 0 aromatic heterocycles. The molecule has 1 N–H and O–H groups in total. The van der Waals surface area contributed by atoms with E-state index in [-0.39, 0.29) is 11.6 Å². The number of hydrogen-bond acceptors (Lipinski definition) is 2. The minimum absolute atomic E-state index is 0.129. The summed E-state index contributed by atoms with van der Waals surface area (Å²) in [6.07, 6.45) is 5.60. The summed E-state index contributed by atoms with van der Waals surface area (Å²) in [6, 6.07) is 10.6. The molecule has 1 saturated carbocycles. The Morgan fingerprint density at radius 3 is 2.40 bits per heavy atom. The first kappa shape index (κ1) is 15.5. The van der Waals surface area contributed by atoms with Crippen LogP contribution in [-0.4, -0.2) is 18.7 Å². The Labute approximate surface area is 123 Å². The SMILES string of the molecule is CC(C)(C)NCC(OCC1CCCC1)c1ccccc1. The molecule has 2 heteroatoms. The first-order chi connectivity index (χ1) is 9.54. The molecule has 0 amide bonds. The van der Waals surface area contributed by atoms with Gasteiger partial charge in [0, 0.05) is 12.1 Å². The summed E-state index contributed by atoms with van der Waals surface area (Å²) >= 11 is 0. The molecule has 1 unspecified atom stereocenters. The Kier molecular flexibility index (Phi) is 5.62. The molecular weight excluding hydrogens is 246 g/mol. The van der Waals surface area contributed by atoms with Crippen LogP contribution in [0.4, 0.5) is 0 Å². The van der Waals surface area contributed by atoms with Gasteiger partial charge in [-0.1, -0.05) is 43.2 Å². The van der Waals surface area contributed by atoms with Crippen molar-refractivity contribution in [2.75, 3.05) is 13.2 Å². The Balaban J connectivity index is 1.92. The van der Waals surface area contributed by atoms with E-state index in [2.05, 4.69) is 56.4 Å². The van der Waals surface area contributed by atoms with Gasteiger partial charge in [-0.15, -0.1) is 0 Å². The average molecular weight is 275 g/mol. The topological polar surface area (TPSA) is 21.3 Å². The highest BCUT2D eigenvalue weighted by Crippen LogP contribution is 2.27. The largest absolute Gasteiger partial charge is 0.372 e. The van der Waals surface area contributed by atoms with Gasteiger partial charge in [-0.2, -0.15) is 0 Å². The number of hydrogen-bond donors (Lipinski definition) is 1. The fourth-order valence-corrected chi connectivity index (χ4v) is 2.77. The number of nitrogens with one attached hydrogen (secondary N) is 1. The number of ether oxygens (including phenoxy) is 1. The molecular formula is C18H29NO. The highest BCUT2D eigenvalue weighted by molar-refractivity contribution is 5.18. The summed E-state index contributed by atoms with van der Waals surface area (Å²) in [5.41, 5.74) is 1.41. The molecule has 0 radical (unpaired) electrons. The van der Waals surface area contributed by atoms with Crippen LogP contribution in [0.25, 0.3) is 0 Å². The highest BCUT2D eigenvalue weighted by Gasteiger charge is 2.20. The van der Waals surface area contributed by atoms with Crippen molar-refractivity contribution in [3.8, 4) is 0 Å². The first-order valence-electron chi connectivity index (χ1n) is 7.96. The lowest BCUT2D eigenvalue weighted by molar-refractivity contribution is 0.0260. The second kappa shape index (κ2) is 7.24. The molecule has 0 spiro atoms. The summed E-state index contributed by atoms with van der Waals surface area (Å²) in [7, 11) is 0. The zero-order valence-electron chi connectivity index (χ0n) is 13.2. The lowest BCUT2D eigenvalue weighted by Crippen LogP contribution is -2.39. The minimum Gasteiger partial charge on any atom is -0.372 e. The van der Waals surface area contributed by atoms with Gasteiger partial charge in [-0.3, -0.25) is 0 Å². The summed E-state index contributed by atoms with van der Waals surface area (Å²) in [5, 5.41) is 3.57. The third-order valence-corrected chi connectivity index (χ3v) is 4.00. The van der Waals surface area contributed by atoms with Gasteiger partial charge in [0.05, 0.1) is 12.7 Å². The maximum absolute atomic E-state index is 6.24. The van der Waals surface area contributed by atoms with E-state index in [1.807, 2.05) is 0 Å². The summed E-state index contributed by atoms with van der Waals surface area (Å²) < 4.78 is 6.24. The van der Waals surface area contributed by atoms with Crippen molar-refractivity contribution < 1.29 is 4.74 Å². The van der Waals surface area contributed by atoms with E-state index in [9.17, 15) is 0 Å². The lowest BCUT2D eigenvalue weighted by atomic mass is 10.1. The van der Waals surface area contributed by atoms with E-state index in [1.54, 1.807) is 0 Å². The smallest absolute Gasteiger partial charge is 0.0949 e. The van der Waals surface area contributed by atoms with Gasteiger partial charge in [0.25, 0.3) is 0 Å². The van der Waals surface area contributed by atoms with Gasteiger partial charge in [0.2, 0.25) is 0 Å². The van der Waals surface area contributed by atoms with E-state index in [0.717, 1.165) is 19.1 Å². The van der Waals surface area contributed by atoms with Crippen LogP contribution in [-0.2, 0) is 4.74 Å². The zero-order valence-corrected chi connectivity index (χ0v) is 13.2. The van der Waals surface area contributed by atoms with Crippen LogP contribution < -0.4 is 5.32 Å². The standard InChI is InChI=1S/C18H29NO/c1-18(2,3)19-13-17(16-11-5-4-6-12-16)20-14-15-9-7-8-10-15/h4-6,11-12,15,17,19H,7-10,13-14H2,1-3H3. The molecule has 1 aliphatic carbocycles. The fourth-order valence-electron chi connectivity index (χ4n) is 2.77. The second-order valence-corrected chi connectivity index (χ2v) is 7.01. The molecule has 0 heterocycles. The average Bonchev–Trinajstić information content (AvgIpc) is 2.92. The van der Waals surface area contributed by atoms with E-state index in [4.69, 9.17) is 4.74 Å². The normalized spacial score (nSPS) is 18.4. The van der Waals surface area contributed by atoms with Gasteiger partial charge >= 0.3 is 0 Å². The Morgan fingerprint density at radius 2 is 1.80 bits per heavy atom. The molecule has 1 fully saturated rings. The zero-order chi connectivity index (χ0) is 14.4. The minimum atomic E-state index is 0.129. The van der Waals surface area contributed by atoms with Crippen LogP contribution in [0.1, 0.15) is 58.1 Å². The molecule has 2 nitrogen and oxygen atoms in total. The van der Waals surface area contributed by atoms with Crippen LogP contribution in [0, 0.1) is 5.92 Å². The fraction of sp³-hybridized carbons (Fsp3) is 0.667. The van der Waals surface area contributed by atoms with Gasteiger partial charge in [0.1, 0.15) is 0 Å². The van der Waals surface area contributed by atoms with Crippen molar-refractivity contribution in [3.05, 3.63) is 35.9 Å². The second-order valence-electron chi connectivity index (χ2n) is 7.01. The molecule has 1 atom stereocenters. The van der Waals surface area contributed by atoms with E-state index in [0.29, 0.717) is 0 Å².